The molecule has 0 aromatic heterocycles. The van der Waals surface area contributed by atoms with E-state index in [-0.39, 0.29) is 5.91 Å². The number of carbonyl (C=O) groups excluding carboxylic acids is 2. The van der Waals surface area contributed by atoms with Crippen molar-refractivity contribution in [1.29, 1.82) is 0 Å². The van der Waals surface area contributed by atoms with Crippen molar-refractivity contribution in [2.75, 3.05) is 58.2 Å². The van der Waals surface area contributed by atoms with Crippen LogP contribution in [0, 0.1) is 5.92 Å². The quantitative estimate of drug-likeness (QED) is 0.652. The lowest BCUT2D eigenvalue weighted by Gasteiger charge is -2.34. The molecule has 2 fully saturated rings. The molecule has 2 aliphatic rings. The second-order valence-electron chi connectivity index (χ2n) is 9.19. The second kappa shape index (κ2) is 12.1. The van der Waals surface area contributed by atoms with E-state index in [1.807, 2.05) is 34.1 Å². The molecule has 6 nitrogen and oxygen atoms in total. The van der Waals surface area contributed by atoms with Crippen molar-refractivity contribution in [3.63, 3.8) is 0 Å². The Bertz CT molecular complexity index is 692. The van der Waals surface area contributed by atoms with E-state index < -0.39 is 0 Å². The standard InChI is InChI=1S/C25H40N4O2/c1-3-14-26-23-9-7-22(8-10-23)25(31)29-18-11-21(12-19-29)20-27(2)17-13-24(30)28-15-5-4-6-16-28/h7-10,21,26H,3-6,11-20H2,1-2H3. The predicted octanol–water partition coefficient (Wildman–Crippen LogP) is 3.70. The molecule has 0 bridgehead atoms. The van der Waals surface area contributed by atoms with Crippen molar-refractivity contribution >= 4 is 17.5 Å². The van der Waals surface area contributed by atoms with E-state index in [1.165, 1.54) is 6.42 Å². The van der Waals surface area contributed by atoms with Crippen LogP contribution >= 0.6 is 0 Å². The molecule has 3 rings (SSSR count). The highest BCUT2D eigenvalue weighted by molar-refractivity contribution is 5.94. The largest absolute Gasteiger partial charge is 0.385 e. The van der Waals surface area contributed by atoms with E-state index in [0.717, 1.165) is 89.2 Å². The molecule has 0 unspecified atom stereocenters. The first-order valence-corrected chi connectivity index (χ1v) is 12.2. The zero-order chi connectivity index (χ0) is 22.1. The Morgan fingerprint density at radius 3 is 2.32 bits per heavy atom. The molecule has 0 atom stereocenters. The summed E-state index contributed by atoms with van der Waals surface area (Å²) in [4.78, 5) is 31.5. The van der Waals surface area contributed by atoms with Gasteiger partial charge in [0.25, 0.3) is 5.91 Å². The van der Waals surface area contributed by atoms with Gasteiger partial charge in [-0.15, -0.1) is 0 Å². The van der Waals surface area contributed by atoms with Crippen molar-refractivity contribution in [3.8, 4) is 0 Å². The summed E-state index contributed by atoms with van der Waals surface area (Å²) in [5.74, 6) is 1.05. The number of hydrogen-bond donors (Lipinski definition) is 1. The number of nitrogens with zero attached hydrogens (tertiary/aromatic N) is 3. The molecule has 2 heterocycles. The summed E-state index contributed by atoms with van der Waals surface area (Å²) in [7, 11) is 2.12. The minimum absolute atomic E-state index is 0.140. The normalized spacial score (nSPS) is 17.8. The zero-order valence-electron chi connectivity index (χ0n) is 19.4. The number of anilines is 1. The summed E-state index contributed by atoms with van der Waals surface area (Å²) in [6.45, 7) is 8.43. The van der Waals surface area contributed by atoms with Gasteiger partial charge in [0.05, 0.1) is 0 Å². The second-order valence-corrected chi connectivity index (χ2v) is 9.19. The van der Waals surface area contributed by atoms with Crippen LogP contribution in [0.4, 0.5) is 5.69 Å². The van der Waals surface area contributed by atoms with Crippen molar-refractivity contribution in [2.24, 2.45) is 5.92 Å². The summed E-state index contributed by atoms with van der Waals surface area (Å²) < 4.78 is 0. The van der Waals surface area contributed by atoms with E-state index in [1.54, 1.807) is 0 Å². The topological polar surface area (TPSA) is 55.9 Å². The lowest BCUT2D eigenvalue weighted by atomic mass is 9.95. The number of amides is 2. The van der Waals surface area contributed by atoms with Crippen LogP contribution in [0.1, 0.15) is 62.2 Å². The first-order valence-electron chi connectivity index (χ1n) is 12.2. The molecule has 2 aliphatic heterocycles. The van der Waals surface area contributed by atoms with Gasteiger partial charge < -0.3 is 20.0 Å². The number of rotatable bonds is 9. The summed E-state index contributed by atoms with van der Waals surface area (Å²) in [6, 6.07) is 7.85. The van der Waals surface area contributed by atoms with Gasteiger partial charge in [0, 0.05) is 63.5 Å². The fourth-order valence-electron chi connectivity index (χ4n) is 4.62. The highest BCUT2D eigenvalue weighted by Gasteiger charge is 2.25. The number of hydrogen-bond acceptors (Lipinski definition) is 4. The van der Waals surface area contributed by atoms with Gasteiger partial charge in [-0.3, -0.25) is 9.59 Å². The van der Waals surface area contributed by atoms with Crippen molar-refractivity contribution in [1.82, 2.24) is 14.7 Å². The van der Waals surface area contributed by atoms with E-state index in [9.17, 15) is 9.59 Å². The highest BCUT2D eigenvalue weighted by Crippen LogP contribution is 2.21. The smallest absolute Gasteiger partial charge is 0.253 e. The summed E-state index contributed by atoms with van der Waals surface area (Å²) in [5.41, 5.74) is 1.84. The molecular formula is C25H40N4O2. The number of benzene rings is 1. The maximum absolute atomic E-state index is 12.8. The van der Waals surface area contributed by atoms with Crippen LogP contribution in [0.2, 0.25) is 0 Å². The van der Waals surface area contributed by atoms with Gasteiger partial charge in [-0.1, -0.05) is 6.92 Å². The van der Waals surface area contributed by atoms with Gasteiger partial charge in [-0.05, 0) is 75.8 Å². The molecule has 0 saturated carbocycles. The molecule has 172 valence electrons. The molecule has 2 amide bonds. The monoisotopic (exact) mass is 428 g/mol. The zero-order valence-corrected chi connectivity index (χ0v) is 19.4. The molecule has 31 heavy (non-hydrogen) atoms. The maximum atomic E-state index is 12.8. The Morgan fingerprint density at radius 1 is 1.00 bits per heavy atom. The lowest BCUT2D eigenvalue weighted by Crippen LogP contribution is -2.42. The van der Waals surface area contributed by atoms with Crippen LogP contribution in [0.5, 0.6) is 0 Å². The van der Waals surface area contributed by atoms with E-state index >= 15 is 0 Å². The maximum Gasteiger partial charge on any atom is 0.253 e. The molecular weight excluding hydrogens is 388 g/mol. The number of likely N-dealkylation sites (tertiary alicyclic amines) is 2. The molecule has 1 aromatic carbocycles. The fraction of sp³-hybridized carbons (Fsp3) is 0.680. The average molecular weight is 429 g/mol. The van der Waals surface area contributed by atoms with Crippen LogP contribution < -0.4 is 5.32 Å². The highest BCUT2D eigenvalue weighted by atomic mass is 16.2. The minimum atomic E-state index is 0.140. The predicted molar refractivity (Wildman–Crippen MR) is 126 cm³/mol. The van der Waals surface area contributed by atoms with E-state index in [0.29, 0.717) is 18.2 Å². The van der Waals surface area contributed by atoms with Crippen molar-refractivity contribution < 1.29 is 9.59 Å². The summed E-state index contributed by atoms with van der Waals surface area (Å²) in [6.07, 6.45) is 7.33. The molecule has 0 radical (unpaired) electrons. The molecule has 1 aromatic rings. The lowest BCUT2D eigenvalue weighted by molar-refractivity contribution is -0.132. The summed E-state index contributed by atoms with van der Waals surface area (Å²) >= 11 is 0. The SMILES string of the molecule is CCCNc1ccc(C(=O)N2CCC(CN(C)CCC(=O)N3CCCCC3)CC2)cc1. The van der Waals surface area contributed by atoms with Gasteiger partial charge in [-0.25, -0.2) is 0 Å². The van der Waals surface area contributed by atoms with Crippen LogP contribution in [0.15, 0.2) is 24.3 Å². The van der Waals surface area contributed by atoms with E-state index in [2.05, 4.69) is 24.2 Å². The van der Waals surface area contributed by atoms with Crippen molar-refractivity contribution in [3.05, 3.63) is 29.8 Å². The number of piperidine rings is 2. The Labute approximate surface area is 188 Å². The third-order valence-corrected chi connectivity index (χ3v) is 6.60. The first-order chi connectivity index (χ1) is 15.1. The molecule has 2 saturated heterocycles. The third kappa shape index (κ3) is 7.23. The molecule has 1 N–H and O–H groups in total. The van der Waals surface area contributed by atoms with Crippen LogP contribution in [-0.4, -0.2) is 79.4 Å². The third-order valence-electron chi connectivity index (χ3n) is 6.60. The first kappa shape index (κ1) is 23.6. The Kier molecular flexibility index (Phi) is 9.19. The Hall–Kier alpha value is -2.08. The Balaban J connectivity index is 1.36. The average Bonchev–Trinajstić information content (AvgIpc) is 2.82. The molecule has 0 aliphatic carbocycles. The summed E-state index contributed by atoms with van der Waals surface area (Å²) in [5, 5.41) is 3.35. The van der Waals surface area contributed by atoms with E-state index in [4.69, 9.17) is 0 Å². The number of nitrogens with one attached hydrogen (secondary N) is 1. The minimum Gasteiger partial charge on any atom is -0.385 e. The van der Waals surface area contributed by atoms with Gasteiger partial charge >= 0.3 is 0 Å². The van der Waals surface area contributed by atoms with Crippen LogP contribution in [-0.2, 0) is 4.79 Å². The molecule has 0 spiro atoms. The number of carbonyl (C=O) groups is 2. The van der Waals surface area contributed by atoms with Gasteiger partial charge in [0.15, 0.2) is 0 Å². The van der Waals surface area contributed by atoms with Gasteiger partial charge in [-0.2, -0.15) is 0 Å². The van der Waals surface area contributed by atoms with Crippen molar-refractivity contribution in [2.45, 2.75) is 51.9 Å². The Morgan fingerprint density at radius 2 is 1.68 bits per heavy atom. The van der Waals surface area contributed by atoms with Gasteiger partial charge in [0.1, 0.15) is 0 Å². The van der Waals surface area contributed by atoms with Crippen LogP contribution in [0.25, 0.3) is 0 Å². The van der Waals surface area contributed by atoms with Gasteiger partial charge in [0.2, 0.25) is 5.91 Å². The molecule has 6 heteroatoms. The van der Waals surface area contributed by atoms with Crippen LogP contribution in [0.3, 0.4) is 0 Å². The fourth-order valence-corrected chi connectivity index (χ4v) is 4.62.